The van der Waals surface area contributed by atoms with E-state index >= 15 is 0 Å². The van der Waals surface area contributed by atoms with E-state index in [0.717, 1.165) is 0 Å². The Labute approximate surface area is 131 Å². The molecule has 0 radical (unpaired) electrons. The Hall–Kier alpha value is -1.96. The van der Waals surface area contributed by atoms with Gasteiger partial charge in [-0.3, -0.25) is 9.59 Å². The van der Waals surface area contributed by atoms with E-state index in [2.05, 4.69) is 5.32 Å². The predicted octanol–water partition coefficient (Wildman–Crippen LogP) is 0.833. The summed E-state index contributed by atoms with van der Waals surface area (Å²) >= 11 is 1.40. The molecule has 0 unspecified atom stereocenters. The molecule has 3 atom stereocenters. The number of aliphatic carboxylic acids is 1. The monoisotopic (exact) mass is 324 g/mol. The summed E-state index contributed by atoms with van der Waals surface area (Å²) in [4.78, 5) is 37.2. The van der Waals surface area contributed by atoms with Crippen molar-refractivity contribution < 1.29 is 23.9 Å². The molecule has 1 aromatic rings. The molecule has 22 heavy (non-hydrogen) atoms. The Balaban J connectivity index is 1.77. The first-order chi connectivity index (χ1) is 10.2. The fraction of sp³-hybridized carbons (Fsp3) is 0.500. The average molecular weight is 324 g/mol. The molecule has 2 amide bonds. The van der Waals surface area contributed by atoms with Crippen LogP contribution in [-0.2, 0) is 9.59 Å². The van der Waals surface area contributed by atoms with Crippen LogP contribution in [0.5, 0.6) is 0 Å². The minimum Gasteiger partial charge on any atom is -0.480 e. The number of hydrogen-bond acceptors (Lipinski definition) is 5. The number of furan rings is 1. The third kappa shape index (κ3) is 2.01. The molecule has 7 nitrogen and oxygen atoms in total. The molecular weight excluding hydrogens is 308 g/mol. The molecule has 0 spiro atoms. The van der Waals surface area contributed by atoms with E-state index in [0.29, 0.717) is 11.3 Å². The van der Waals surface area contributed by atoms with Crippen molar-refractivity contribution in [2.45, 2.75) is 43.0 Å². The number of amides is 2. The van der Waals surface area contributed by atoms with Gasteiger partial charge in [-0.1, -0.05) is 0 Å². The number of carboxylic acid groups (broad SMARTS) is 1. The summed E-state index contributed by atoms with van der Waals surface area (Å²) in [7, 11) is 0. The largest absolute Gasteiger partial charge is 0.480 e. The third-order valence-corrected chi connectivity index (χ3v) is 5.64. The number of carbonyl (C=O) groups is 3. The van der Waals surface area contributed by atoms with Gasteiger partial charge in [-0.15, -0.1) is 11.8 Å². The maximum Gasteiger partial charge on any atom is 0.327 e. The summed E-state index contributed by atoms with van der Waals surface area (Å²) < 4.78 is 4.47. The van der Waals surface area contributed by atoms with E-state index in [1.165, 1.54) is 29.0 Å². The number of β-lactam (4-membered cyclic amide) rings is 1. The van der Waals surface area contributed by atoms with Crippen molar-refractivity contribution in [3.05, 3.63) is 23.7 Å². The average Bonchev–Trinajstić information content (AvgIpc) is 2.95. The summed E-state index contributed by atoms with van der Waals surface area (Å²) in [6, 6.07) is -0.0357. The molecule has 0 bridgehead atoms. The number of thioether (sulfide) groups is 1. The van der Waals surface area contributed by atoms with Gasteiger partial charge in [0.2, 0.25) is 5.91 Å². The number of aryl methyl sites for hydroxylation is 1. The van der Waals surface area contributed by atoms with Gasteiger partial charge in [0.25, 0.3) is 5.91 Å². The highest BCUT2D eigenvalue weighted by atomic mass is 32.2. The Kier molecular flexibility index (Phi) is 3.24. The van der Waals surface area contributed by atoms with Gasteiger partial charge in [0.15, 0.2) is 0 Å². The number of fused-ring (bicyclic) bond motifs is 1. The van der Waals surface area contributed by atoms with Crippen LogP contribution in [0.2, 0.25) is 0 Å². The van der Waals surface area contributed by atoms with Gasteiger partial charge in [-0.05, 0) is 26.8 Å². The standard InChI is InChI=1S/C14H16N2O5S/c1-6-7(4-5-21-6)10(17)15-8-11(18)16-9(13(19)20)14(2,3)22-12(8)16/h4-5,8-9,12H,1-3H3,(H,15,17)(H,19,20)/t8-,9+,12-/m1/s1. The number of hydrogen-bond donors (Lipinski definition) is 2. The molecule has 2 N–H and O–H groups in total. The Bertz CT molecular complexity index is 668. The maximum atomic E-state index is 12.2. The number of rotatable bonds is 3. The van der Waals surface area contributed by atoms with Crippen LogP contribution < -0.4 is 5.32 Å². The van der Waals surface area contributed by atoms with Gasteiger partial charge in [-0.25, -0.2) is 4.79 Å². The van der Waals surface area contributed by atoms with E-state index in [4.69, 9.17) is 4.42 Å². The fourth-order valence-electron chi connectivity index (χ4n) is 2.98. The van der Waals surface area contributed by atoms with Gasteiger partial charge in [0.1, 0.15) is 23.2 Å². The Morgan fingerprint density at radius 1 is 1.45 bits per heavy atom. The van der Waals surface area contributed by atoms with Gasteiger partial charge in [0, 0.05) is 4.75 Å². The summed E-state index contributed by atoms with van der Waals surface area (Å²) in [5, 5.41) is 11.7. The number of carboxylic acids is 1. The molecule has 3 rings (SSSR count). The van der Waals surface area contributed by atoms with E-state index in [1.54, 1.807) is 20.8 Å². The van der Waals surface area contributed by atoms with Gasteiger partial charge < -0.3 is 19.7 Å². The highest BCUT2D eigenvalue weighted by Gasteiger charge is 2.64. The van der Waals surface area contributed by atoms with Crippen LogP contribution in [0.15, 0.2) is 16.7 Å². The van der Waals surface area contributed by atoms with E-state index < -0.39 is 22.8 Å². The van der Waals surface area contributed by atoms with Crippen molar-refractivity contribution in [1.82, 2.24) is 10.2 Å². The van der Waals surface area contributed by atoms with Crippen LogP contribution in [0, 0.1) is 6.92 Å². The summed E-state index contributed by atoms with van der Waals surface area (Å²) in [5.41, 5.74) is 0.378. The second-order valence-corrected chi connectivity index (χ2v) is 7.71. The first-order valence-corrected chi connectivity index (χ1v) is 7.70. The summed E-state index contributed by atoms with van der Waals surface area (Å²) in [6.45, 7) is 5.25. The van der Waals surface area contributed by atoms with Crippen LogP contribution in [0.4, 0.5) is 0 Å². The lowest BCUT2D eigenvalue weighted by Crippen LogP contribution is -2.70. The van der Waals surface area contributed by atoms with Crippen LogP contribution in [0.25, 0.3) is 0 Å². The van der Waals surface area contributed by atoms with E-state index in [-0.39, 0.29) is 17.2 Å². The Morgan fingerprint density at radius 2 is 2.14 bits per heavy atom. The molecule has 2 fully saturated rings. The van der Waals surface area contributed by atoms with Crippen molar-refractivity contribution in [1.29, 1.82) is 0 Å². The second kappa shape index (κ2) is 4.77. The quantitative estimate of drug-likeness (QED) is 0.799. The smallest absolute Gasteiger partial charge is 0.327 e. The lowest BCUT2D eigenvalue weighted by atomic mass is 9.96. The van der Waals surface area contributed by atoms with Crippen molar-refractivity contribution in [3.8, 4) is 0 Å². The zero-order chi connectivity index (χ0) is 16.2. The number of carbonyl (C=O) groups excluding carboxylic acids is 2. The molecule has 0 saturated carbocycles. The first kappa shape index (κ1) is 15.0. The fourth-order valence-corrected chi connectivity index (χ4v) is 4.61. The molecule has 0 aliphatic carbocycles. The highest BCUT2D eigenvalue weighted by Crippen LogP contribution is 2.50. The van der Waals surface area contributed by atoms with Crippen LogP contribution in [0.1, 0.15) is 30.0 Å². The normalized spacial score (nSPS) is 29.0. The molecule has 2 aliphatic heterocycles. The summed E-state index contributed by atoms with van der Waals surface area (Å²) in [6.07, 6.45) is 1.41. The third-order valence-electron chi connectivity index (χ3n) is 4.06. The molecule has 3 heterocycles. The lowest BCUT2D eigenvalue weighted by molar-refractivity contribution is -0.159. The van der Waals surface area contributed by atoms with Crippen molar-refractivity contribution in [2.75, 3.05) is 0 Å². The SMILES string of the molecule is Cc1occc1C(=O)N[C@@H]1C(=O)N2[C@@H]1SC(C)(C)[C@@H]2C(=O)O. The number of nitrogens with zero attached hydrogens (tertiary/aromatic N) is 1. The molecule has 1 aromatic heterocycles. The van der Waals surface area contributed by atoms with E-state index in [9.17, 15) is 19.5 Å². The lowest BCUT2D eigenvalue weighted by Gasteiger charge is -2.43. The van der Waals surface area contributed by atoms with Gasteiger partial charge in [-0.2, -0.15) is 0 Å². The molecule has 2 aliphatic rings. The minimum atomic E-state index is -1.02. The van der Waals surface area contributed by atoms with Gasteiger partial charge >= 0.3 is 5.97 Å². The summed E-state index contributed by atoms with van der Waals surface area (Å²) in [5.74, 6) is -1.29. The first-order valence-electron chi connectivity index (χ1n) is 6.82. The van der Waals surface area contributed by atoms with E-state index in [1.807, 2.05) is 0 Å². The molecule has 118 valence electrons. The van der Waals surface area contributed by atoms with Crippen LogP contribution in [0.3, 0.4) is 0 Å². The zero-order valence-corrected chi connectivity index (χ0v) is 13.1. The molecule has 0 aromatic carbocycles. The Morgan fingerprint density at radius 3 is 2.68 bits per heavy atom. The minimum absolute atomic E-state index is 0.347. The van der Waals surface area contributed by atoms with Crippen molar-refractivity contribution >= 4 is 29.5 Å². The van der Waals surface area contributed by atoms with Crippen molar-refractivity contribution in [3.63, 3.8) is 0 Å². The number of nitrogens with one attached hydrogen (secondary N) is 1. The topological polar surface area (TPSA) is 99.9 Å². The highest BCUT2D eigenvalue weighted by molar-refractivity contribution is 8.01. The van der Waals surface area contributed by atoms with Gasteiger partial charge in [0.05, 0.1) is 11.8 Å². The van der Waals surface area contributed by atoms with Crippen LogP contribution >= 0.6 is 11.8 Å². The molecular formula is C14H16N2O5S. The molecule has 2 saturated heterocycles. The van der Waals surface area contributed by atoms with Crippen molar-refractivity contribution in [2.24, 2.45) is 0 Å². The second-order valence-electron chi connectivity index (χ2n) is 5.94. The predicted molar refractivity (Wildman–Crippen MR) is 78.4 cm³/mol. The maximum absolute atomic E-state index is 12.2. The molecule has 8 heteroatoms. The van der Waals surface area contributed by atoms with Crippen LogP contribution in [-0.4, -0.2) is 50.0 Å². The zero-order valence-electron chi connectivity index (χ0n) is 12.3.